The topological polar surface area (TPSA) is 49.4 Å². The number of carbonyl (C=O) groups excluding carboxylic acids is 2. The van der Waals surface area contributed by atoms with E-state index in [1.165, 1.54) is 35.0 Å². The minimum atomic E-state index is -0.617. The van der Waals surface area contributed by atoms with Crippen molar-refractivity contribution in [1.82, 2.24) is 10.2 Å². The van der Waals surface area contributed by atoms with Crippen LogP contribution in [0.4, 0.5) is 4.39 Å². The molecule has 2 rings (SSSR count). The zero-order valence-corrected chi connectivity index (χ0v) is 18.3. The highest BCUT2D eigenvalue weighted by atomic mass is 32.2. The molecule has 1 atom stereocenters. The molecule has 0 aliphatic rings. The number of amides is 2. The maximum absolute atomic E-state index is 13.2. The predicted molar refractivity (Wildman–Crippen MR) is 117 cm³/mol. The van der Waals surface area contributed by atoms with Crippen molar-refractivity contribution in [3.8, 4) is 0 Å². The van der Waals surface area contributed by atoms with Gasteiger partial charge < -0.3 is 10.2 Å². The zero-order chi connectivity index (χ0) is 21.4. The van der Waals surface area contributed by atoms with Crippen LogP contribution >= 0.6 is 11.8 Å². The molecule has 4 nitrogen and oxygen atoms in total. The molecule has 0 radical (unpaired) electrons. The SMILES string of the molecule is Cc1ccccc1CSCC(=O)N(Cc1ccc(F)cc1)[C@@H](C)C(=O)NC(C)C. The van der Waals surface area contributed by atoms with Gasteiger partial charge in [-0.25, -0.2) is 4.39 Å². The zero-order valence-electron chi connectivity index (χ0n) is 17.4. The molecular formula is C23H29FN2O2S. The Morgan fingerprint density at radius 1 is 1.07 bits per heavy atom. The number of hydrogen-bond acceptors (Lipinski definition) is 3. The van der Waals surface area contributed by atoms with Gasteiger partial charge in [-0.05, 0) is 56.5 Å². The minimum Gasteiger partial charge on any atom is -0.352 e. The Balaban J connectivity index is 2.07. The number of rotatable bonds is 9. The Kier molecular flexibility index (Phi) is 8.70. The number of carbonyl (C=O) groups is 2. The van der Waals surface area contributed by atoms with Crippen molar-refractivity contribution >= 4 is 23.6 Å². The van der Waals surface area contributed by atoms with Crippen LogP contribution in [0.25, 0.3) is 0 Å². The van der Waals surface area contributed by atoms with Crippen LogP contribution in [0.3, 0.4) is 0 Å². The van der Waals surface area contributed by atoms with E-state index in [0.29, 0.717) is 0 Å². The molecule has 0 heterocycles. The highest BCUT2D eigenvalue weighted by Gasteiger charge is 2.26. The number of aryl methyl sites for hydroxylation is 1. The van der Waals surface area contributed by atoms with Gasteiger partial charge in [0.15, 0.2) is 0 Å². The van der Waals surface area contributed by atoms with Gasteiger partial charge in [-0.2, -0.15) is 0 Å². The standard InChI is InChI=1S/C23H29FN2O2S/c1-16(2)25-23(28)18(4)26(13-19-9-11-21(24)12-10-19)22(27)15-29-14-20-8-6-5-7-17(20)3/h5-12,16,18H,13-15H2,1-4H3,(H,25,28)/t18-/m0/s1. The fraction of sp³-hybridized carbons (Fsp3) is 0.391. The first-order valence-corrected chi connectivity index (χ1v) is 10.9. The highest BCUT2D eigenvalue weighted by Crippen LogP contribution is 2.18. The van der Waals surface area contributed by atoms with Crippen molar-refractivity contribution in [3.05, 3.63) is 71.0 Å². The molecule has 0 fully saturated rings. The van der Waals surface area contributed by atoms with E-state index >= 15 is 0 Å². The molecule has 6 heteroatoms. The van der Waals surface area contributed by atoms with Crippen molar-refractivity contribution in [3.63, 3.8) is 0 Å². The third-order valence-electron chi connectivity index (χ3n) is 4.61. The highest BCUT2D eigenvalue weighted by molar-refractivity contribution is 7.99. The van der Waals surface area contributed by atoms with Gasteiger partial charge >= 0.3 is 0 Å². The van der Waals surface area contributed by atoms with Crippen LogP contribution in [0.15, 0.2) is 48.5 Å². The Hall–Kier alpha value is -2.34. The molecule has 0 saturated carbocycles. The summed E-state index contributed by atoms with van der Waals surface area (Å²) < 4.78 is 13.2. The van der Waals surface area contributed by atoms with Gasteiger partial charge in [0.2, 0.25) is 11.8 Å². The van der Waals surface area contributed by atoms with Gasteiger partial charge in [-0.1, -0.05) is 36.4 Å². The van der Waals surface area contributed by atoms with Gasteiger partial charge in [0, 0.05) is 18.3 Å². The van der Waals surface area contributed by atoms with Gasteiger partial charge in [-0.3, -0.25) is 9.59 Å². The van der Waals surface area contributed by atoms with Gasteiger partial charge in [-0.15, -0.1) is 11.8 Å². The van der Waals surface area contributed by atoms with E-state index < -0.39 is 6.04 Å². The predicted octanol–water partition coefficient (Wildman–Crippen LogP) is 4.31. The first-order valence-electron chi connectivity index (χ1n) is 9.74. The second kappa shape index (κ2) is 11.0. The summed E-state index contributed by atoms with van der Waals surface area (Å²) in [6.07, 6.45) is 0. The summed E-state index contributed by atoms with van der Waals surface area (Å²) in [4.78, 5) is 27.0. The van der Waals surface area contributed by atoms with Gasteiger partial charge in [0.25, 0.3) is 0 Å². The van der Waals surface area contributed by atoms with Crippen molar-refractivity contribution in [2.75, 3.05) is 5.75 Å². The van der Waals surface area contributed by atoms with E-state index in [1.54, 1.807) is 24.0 Å². The fourth-order valence-electron chi connectivity index (χ4n) is 2.88. The quantitative estimate of drug-likeness (QED) is 0.663. The lowest BCUT2D eigenvalue weighted by Crippen LogP contribution is -2.49. The van der Waals surface area contributed by atoms with Crippen LogP contribution in [0.5, 0.6) is 0 Å². The van der Waals surface area contributed by atoms with Crippen LogP contribution < -0.4 is 5.32 Å². The lowest BCUT2D eigenvalue weighted by atomic mass is 10.1. The molecular weight excluding hydrogens is 387 g/mol. The monoisotopic (exact) mass is 416 g/mol. The summed E-state index contributed by atoms with van der Waals surface area (Å²) in [6.45, 7) is 7.81. The van der Waals surface area contributed by atoms with E-state index in [9.17, 15) is 14.0 Å². The number of halogens is 1. The Morgan fingerprint density at radius 3 is 2.34 bits per heavy atom. The third-order valence-corrected chi connectivity index (χ3v) is 5.57. The Bertz CT molecular complexity index is 824. The molecule has 0 aromatic heterocycles. The molecule has 2 amide bonds. The second-order valence-electron chi connectivity index (χ2n) is 7.41. The number of hydrogen-bond donors (Lipinski definition) is 1. The maximum Gasteiger partial charge on any atom is 0.242 e. The van der Waals surface area contributed by atoms with E-state index in [0.717, 1.165) is 11.3 Å². The van der Waals surface area contributed by atoms with E-state index in [2.05, 4.69) is 24.4 Å². The van der Waals surface area contributed by atoms with Crippen LogP contribution in [0.1, 0.15) is 37.5 Å². The normalized spacial score (nSPS) is 11.9. The minimum absolute atomic E-state index is 0.0110. The molecule has 156 valence electrons. The van der Waals surface area contributed by atoms with Gasteiger partial charge in [0.05, 0.1) is 5.75 Å². The van der Waals surface area contributed by atoms with Crippen molar-refractivity contribution in [1.29, 1.82) is 0 Å². The summed E-state index contributed by atoms with van der Waals surface area (Å²) in [5.41, 5.74) is 3.18. The van der Waals surface area contributed by atoms with Crippen molar-refractivity contribution in [2.24, 2.45) is 0 Å². The fourth-order valence-corrected chi connectivity index (χ4v) is 3.86. The van der Waals surface area contributed by atoms with Crippen LogP contribution in [0.2, 0.25) is 0 Å². The molecule has 0 spiro atoms. The maximum atomic E-state index is 13.2. The molecule has 0 aliphatic heterocycles. The van der Waals surface area contributed by atoms with Gasteiger partial charge in [0.1, 0.15) is 11.9 Å². The molecule has 1 N–H and O–H groups in total. The smallest absolute Gasteiger partial charge is 0.242 e. The lowest BCUT2D eigenvalue weighted by Gasteiger charge is -2.29. The first-order chi connectivity index (χ1) is 13.8. The van der Waals surface area contributed by atoms with Crippen LogP contribution in [0, 0.1) is 12.7 Å². The average molecular weight is 417 g/mol. The molecule has 2 aromatic carbocycles. The number of nitrogens with one attached hydrogen (secondary N) is 1. The second-order valence-corrected chi connectivity index (χ2v) is 8.39. The molecule has 0 aliphatic carbocycles. The number of nitrogens with zero attached hydrogens (tertiary/aromatic N) is 1. The van der Waals surface area contributed by atoms with Crippen LogP contribution in [-0.2, 0) is 21.9 Å². The summed E-state index contributed by atoms with van der Waals surface area (Å²) in [5.74, 6) is 0.370. The Labute approximate surface area is 176 Å². The lowest BCUT2D eigenvalue weighted by molar-refractivity contribution is -0.138. The molecule has 29 heavy (non-hydrogen) atoms. The summed E-state index contributed by atoms with van der Waals surface area (Å²) in [6, 6.07) is 13.5. The van der Waals surface area contributed by atoms with Crippen LogP contribution in [-0.4, -0.2) is 34.6 Å². The van der Waals surface area contributed by atoms with Crippen molar-refractivity contribution in [2.45, 2.75) is 52.1 Å². The van der Waals surface area contributed by atoms with E-state index in [-0.39, 0.29) is 36.0 Å². The average Bonchev–Trinajstić information content (AvgIpc) is 2.68. The number of benzene rings is 2. The number of thioether (sulfide) groups is 1. The summed E-state index contributed by atoms with van der Waals surface area (Å²) in [7, 11) is 0. The third kappa shape index (κ3) is 7.20. The Morgan fingerprint density at radius 2 is 1.72 bits per heavy atom. The molecule has 0 bridgehead atoms. The molecule has 0 saturated heterocycles. The first kappa shape index (κ1) is 22.9. The largest absolute Gasteiger partial charge is 0.352 e. The summed E-state index contributed by atoms with van der Waals surface area (Å²) >= 11 is 1.53. The van der Waals surface area contributed by atoms with E-state index in [4.69, 9.17) is 0 Å². The molecule has 2 aromatic rings. The van der Waals surface area contributed by atoms with E-state index in [1.807, 2.05) is 26.0 Å². The summed E-state index contributed by atoms with van der Waals surface area (Å²) in [5, 5.41) is 2.86. The molecule has 0 unspecified atom stereocenters. The van der Waals surface area contributed by atoms with Crippen molar-refractivity contribution < 1.29 is 14.0 Å².